The number of hydrogen-bond donors (Lipinski definition) is 2. The molecule has 1 saturated carbocycles. The number of halogens is 6. The molecular weight excluding hydrogens is 632 g/mol. The number of carbonyl (C=O) groups excluding carboxylic acids is 1. The average molecular weight is 668 g/mol. The Hall–Kier alpha value is -4.37. The number of urea groups is 1. The maximum atomic E-state index is 13.7. The zero-order chi connectivity index (χ0) is 34.1. The van der Waals surface area contributed by atoms with Gasteiger partial charge in [-0.2, -0.15) is 31.4 Å². The number of alkyl halides is 6. The largest absolute Gasteiger partial charge is 0.481 e. The van der Waals surface area contributed by atoms with Crippen molar-refractivity contribution < 1.29 is 41.0 Å². The fraction of sp³-hybridized carbons (Fsp3) is 0.516. The van der Waals surface area contributed by atoms with E-state index < -0.39 is 41.4 Å². The lowest BCUT2D eigenvalue weighted by Crippen LogP contribution is -2.49. The normalized spacial score (nSPS) is 21.9. The minimum atomic E-state index is -5.01. The fourth-order valence-electron chi connectivity index (χ4n) is 6.36. The van der Waals surface area contributed by atoms with Crippen molar-refractivity contribution in [3.8, 4) is 11.1 Å². The van der Waals surface area contributed by atoms with Gasteiger partial charge in [0.2, 0.25) is 5.95 Å². The lowest BCUT2D eigenvalue weighted by Gasteiger charge is -2.31. The van der Waals surface area contributed by atoms with Gasteiger partial charge in [-0.1, -0.05) is 6.92 Å². The molecule has 1 aliphatic heterocycles. The molecule has 2 N–H and O–H groups in total. The number of carbonyl (C=O) groups is 2. The third kappa shape index (κ3) is 7.96. The molecule has 3 aromatic rings. The van der Waals surface area contributed by atoms with E-state index in [2.05, 4.69) is 20.4 Å². The first-order valence-corrected chi connectivity index (χ1v) is 15.3. The molecule has 2 atom stereocenters. The van der Waals surface area contributed by atoms with Gasteiger partial charge >= 0.3 is 24.4 Å². The third-order valence-corrected chi connectivity index (χ3v) is 8.90. The molecule has 47 heavy (non-hydrogen) atoms. The molecule has 254 valence electrons. The molecule has 0 radical (unpaired) electrons. The predicted molar refractivity (Wildman–Crippen MR) is 158 cm³/mol. The second kappa shape index (κ2) is 13.4. The highest BCUT2D eigenvalue weighted by Crippen LogP contribution is 2.38. The van der Waals surface area contributed by atoms with Crippen molar-refractivity contribution in [1.29, 1.82) is 0 Å². The number of hydrogen-bond acceptors (Lipinski definition) is 6. The lowest BCUT2D eigenvalue weighted by atomic mass is 9.86. The standard InChI is InChI=1S/C31H35F6N7O3/c1-3-25-11-26(17-44(25)29(47)41-24-6-4-19(5-7-24)27(45)46)43(28-38-12-20(13-39-28)21-14-40-42(2)16-21)15-18-8-22(30(32,33)34)10-23(9-18)31(35,36)37/h8-10,12-14,16,19,24-26H,3-7,11,15,17H2,1-2H3,(H,41,47)(H,45,46)/t19?,24?,25-,26+/m1/s1. The van der Waals surface area contributed by atoms with Crippen LogP contribution in [0.15, 0.2) is 43.0 Å². The summed E-state index contributed by atoms with van der Waals surface area (Å²) in [5.74, 6) is -1.23. The molecule has 16 heteroatoms. The van der Waals surface area contributed by atoms with E-state index >= 15 is 0 Å². The Balaban J connectivity index is 1.44. The Morgan fingerprint density at radius 1 is 0.957 bits per heavy atom. The van der Waals surface area contributed by atoms with E-state index in [9.17, 15) is 41.0 Å². The number of aromatic nitrogens is 4. The fourth-order valence-corrected chi connectivity index (χ4v) is 6.36. The summed E-state index contributed by atoms with van der Waals surface area (Å²) in [4.78, 5) is 36.9. The van der Waals surface area contributed by atoms with Crippen LogP contribution in [0.3, 0.4) is 0 Å². The summed E-state index contributed by atoms with van der Waals surface area (Å²) in [7, 11) is 1.73. The van der Waals surface area contributed by atoms with Crippen molar-refractivity contribution in [2.24, 2.45) is 13.0 Å². The summed E-state index contributed by atoms with van der Waals surface area (Å²) in [5, 5.41) is 16.4. The molecule has 2 aromatic heterocycles. The highest BCUT2D eigenvalue weighted by Gasteiger charge is 2.41. The Morgan fingerprint density at radius 2 is 1.57 bits per heavy atom. The molecule has 1 aliphatic carbocycles. The highest BCUT2D eigenvalue weighted by atomic mass is 19.4. The molecule has 10 nitrogen and oxygen atoms in total. The summed E-state index contributed by atoms with van der Waals surface area (Å²) in [6, 6.07) is 0.0872. The number of carboxylic acid groups (broad SMARTS) is 1. The third-order valence-electron chi connectivity index (χ3n) is 8.90. The average Bonchev–Trinajstić information content (AvgIpc) is 3.66. The van der Waals surface area contributed by atoms with E-state index in [1.807, 2.05) is 6.92 Å². The second-order valence-electron chi connectivity index (χ2n) is 12.2. The predicted octanol–water partition coefficient (Wildman–Crippen LogP) is 6.13. The quantitative estimate of drug-likeness (QED) is 0.278. The van der Waals surface area contributed by atoms with Gasteiger partial charge in [-0.15, -0.1) is 0 Å². The number of nitrogens with zero attached hydrogens (tertiary/aromatic N) is 6. The SMILES string of the molecule is CC[C@@H]1C[C@H](N(Cc2cc(C(F)(F)F)cc(C(F)(F)F)c2)c2ncc(-c3cnn(C)c3)cn2)CN1C(=O)NC1CCC(C(=O)O)CC1. The number of rotatable bonds is 8. The Bertz CT molecular complexity index is 1540. The Kier molecular flexibility index (Phi) is 9.68. The molecule has 0 spiro atoms. The molecule has 0 unspecified atom stereocenters. The summed E-state index contributed by atoms with van der Waals surface area (Å²) < 4.78 is 83.8. The van der Waals surface area contributed by atoms with E-state index in [4.69, 9.17) is 0 Å². The number of amides is 2. The van der Waals surface area contributed by atoms with Crippen LogP contribution in [0.5, 0.6) is 0 Å². The topological polar surface area (TPSA) is 116 Å². The highest BCUT2D eigenvalue weighted by molar-refractivity contribution is 5.76. The molecule has 3 heterocycles. The van der Waals surface area contributed by atoms with Crippen LogP contribution < -0.4 is 10.2 Å². The van der Waals surface area contributed by atoms with Crippen molar-refractivity contribution in [3.63, 3.8) is 0 Å². The zero-order valence-electron chi connectivity index (χ0n) is 25.7. The first-order chi connectivity index (χ1) is 22.1. The molecule has 2 aliphatic rings. The van der Waals surface area contributed by atoms with E-state index in [1.165, 1.54) is 12.4 Å². The molecule has 5 rings (SSSR count). The number of aryl methyl sites for hydroxylation is 1. The van der Waals surface area contributed by atoms with Gasteiger partial charge in [0.05, 0.1) is 29.3 Å². The number of nitrogens with one attached hydrogen (secondary N) is 1. The maximum Gasteiger partial charge on any atom is 0.416 e. The number of anilines is 1. The molecule has 2 amide bonds. The van der Waals surface area contributed by atoms with Gasteiger partial charge in [0.1, 0.15) is 0 Å². The van der Waals surface area contributed by atoms with E-state index in [0.29, 0.717) is 61.8 Å². The summed E-state index contributed by atoms with van der Waals surface area (Å²) in [5.41, 5.74) is -1.77. The molecule has 0 bridgehead atoms. The van der Waals surface area contributed by atoms with Crippen molar-refractivity contribution >= 4 is 17.9 Å². The number of benzene rings is 1. The summed E-state index contributed by atoms with van der Waals surface area (Å²) in [6.07, 6.45) is -0.851. The van der Waals surface area contributed by atoms with E-state index in [-0.39, 0.29) is 48.8 Å². The van der Waals surface area contributed by atoms with Crippen molar-refractivity contribution in [2.75, 3.05) is 11.4 Å². The monoisotopic (exact) mass is 667 g/mol. The van der Waals surface area contributed by atoms with Gasteiger partial charge in [0, 0.05) is 61.9 Å². The molecule has 2 fully saturated rings. The first-order valence-electron chi connectivity index (χ1n) is 15.3. The van der Waals surface area contributed by atoms with Crippen LogP contribution in [0.1, 0.15) is 62.1 Å². The zero-order valence-corrected chi connectivity index (χ0v) is 25.7. The second-order valence-corrected chi connectivity index (χ2v) is 12.2. The minimum Gasteiger partial charge on any atom is -0.481 e. The van der Waals surface area contributed by atoms with Crippen LogP contribution in [-0.2, 0) is 30.7 Å². The van der Waals surface area contributed by atoms with Crippen LogP contribution >= 0.6 is 0 Å². The van der Waals surface area contributed by atoms with Crippen LogP contribution in [-0.4, -0.2) is 66.4 Å². The summed E-state index contributed by atoms with van der Waals surface area (Å²) >= 11 is 0. The van der Waals surface area contributed by atoms with Crippen LogP contribution in [0.25, 0.3) is 11.1 Å². The minimum absolute atomic E-state index is 0.0812. The molecule has 1 saturated heterocycles. The van der Waals surface area contributed by atoms with E-state index in [1.54, 1.807) is 33.9 Å². The first kappa shape index (κ1) is 34.0. The van der Waals surface area contributed by atoms with Crippen molar-refractivity contribution in [1.82, 2.24) is 30.0 Å². The van der Waals surface area contributed by atoms with Gasteiger partial charge in [0.15, 0.2) is 0 Å². The van der Waals surface area contributed by atoms with Crippen LogP contribution in [0.2, 0.25) is 0 Å². The molecular formula is C31H35F6N7O3. The van der Waals surface area contributed by atoms with Gasteiger partial charge < -0.3 is 20.2 Å². The van der Waals surface area contributed by atoms with Crippen molar-refractivity contribution in [2.45, 2.75) is 82.5 Å². The van der Waals surface area contributed by atoms with Gasteiger partial charge in [-0.3, -0.25) is 9.48 Å². The van der Waals surface area contributed by atoms with Gasteiger partial charge in [-0.25, -0.2) is 14.8 Å². The Morgan fingerprint density at radius 3 is 2.09 bits per heavy atom. The number of aliphatic carboxylic acids is 1. The summed E-state index contributed by atoms with van der Waals surface area (Å²) in [6.45, 7) is 1.62. The van der Waals surface area contributed by atoms with Gasteiger partial charge in [-0.05, 0) is 62.3 Å². The van der Waals surface area contributed by atoms with Crippen LogP contribution in [0, 0.1) is 5.92 Å². The lowest BCUT2D eigenvalue weighted by molar-refractivity contribution is -0.144. The Labute approximate surface area is 266 Å². The number of likely N-dealkylation sites (tertiary alicyclic amines) is 1. The number of carboxylic acids is 1. The molecule has 1 aromatic carbocycles. The van der Waals surface area contributed by atoms with Crippen LogP contribution in [0.4, 0.5) is 37.1 Å². The maximum absolute atomic E-state index is 13.7. The van der Waals surface area contributed by atoms with Gasteiger partial charge in [0.25, 0.3) is 0 Å². The smallest absolute Gasteiger partial charge is 0.416 e. The van der Waals surface area contributed by atoms with Crippen molar-refractivity contribution in [3.05, 3.63) is 59.7 Å². The van der Waals surface area contributed by atoms with E-state index in [0.717, 1.165) is 0 Å².